The largest absolute Gasteiger partial charge is 0.351 e. The number of hydrogen-bond donors (Lipinski definition) is 0. The Hall–Kier alpha value is -2.65. The van der Waals surface area contributed by atoms with E-state index in [1.807, 2.05) is 11.3 Å². The molecule has 3 heteroatoms. The summed E-state index contributed by atoms with van der Waals surface area (Å²) in [4.78, 5) is 2.18. The van der Waals surface area contributed by atoms with E-state index >= 15 is 0 Å². The average Bonchev–Trinajstić information content (AvgIpc) is 3.08. The van der Waals surface area contributed by atoms with Crippen molar-refractivity contribution in [2.75, 3.05) is 11.9 Å². The molecule has 0 atom stereocenters. The number of hydrogen-bond acceptors (Lipinski definition) is 2. The van der Waals surface area contributed by atoms with Gasteiger partial charge in [-0.2, -0.15) is 4.57 Å². The average molecular weight is 416 g/mol. The van der Waals surface area contributed by atoms with Crippen LogP contribution in [0.1, 0.15) is 38.6 Å². The predicted octanol–water partition coefficient (Wildman–Crippen LogP) is 6.99. The highest BCUT2D eigenvalue weighted by molar-refractivity contribution is 7.18. The van der Waals surface area contributed by atoms with Crippen LogP contribution < -0.4 is 9.47 Å². The van der Waals surface area contributed by atoms with Gasteiger partial charge < -0.3 is 4.90 Å². The fraction of sp³-hybridized carbons (Fsp3) is 0.296. The van der Waals surface area contributed by atoms with Gasteiger partial charge in [0.25, 0.3) is 5.01 Å². The molecule has 1 aliphatic rings. The summed E-state index contributed by atoms with van der Waals surface area (Å²) in [5.74, 6) is 0. The second-order valence-electron chi connectivity index (χ2n) is 8.87. The first-order valence-electron chi connectivity index (χ1n) is 10.7. The maximum atomic E-state index is 2.43. The van der Waals surface area contributed by atoms with Crippen molar-refractivity contribution < 1.29 is 4.57 Å². The maximum Gasteiger partial charge on any atom is 0.263 e. The van der Waals surface area contributed by atoms with Crippen LogP contribution in [0.2, 0.25) is 0 Å². The molecule has 0 saturated heterocycles. The summed E-state index contributed by atoms with van der Waals surface area (Å²) < 4.78 is 3.79. The normalized spacial score (nSPS) is 17.6. The zero-order chi connectivity index (χ0) is 21.1. The van der Waals surface area contributed by atoms with Crippen molar-refractivity contribution in [3.05, 3.63) is 89.1 Å². The lowest BCUT2D eigenvalue weighted by Gasteiger charge is -2.30. The molecule has 0 unspecified atom stereocenters. The Morgan fingerprint density at radius 3 is 2.53 bits per heavy atom. The fourth-order valence-electron chi connectivity index (χ4n) is 4.31. The SMILES string of the molecule is CC[n+]1c(C=C2C=C(C=CN(C)c3ccccc3)CC(C)(C)C2)sc2ccccc21. The van der Waals surface area contributed by atoms with Crippen molar-refractivity contribution in [1.29, 1.82) is 0 Å². The maximum absolute atomic E-state index is 2.43. The quantitative estimate of drug-likeness (QED) is 0.407. The molecule has 1 heterocycles. The first-order chi connectivity index (χ1) is 14.4. The highest BCUT2D eigenvalue weighted by Gasteiger charge is 2.26. The van der Waals surface area contributed by atoms with Crippen molar-refractivity contribution in [2.45, 2.75) is 40.2 Å². The summed E-state index contributed by atoms with van der Waals surface area (Å²) in [5.41, 5.74) is 5.61. The van der Waals surface area contributed by atoms with Crippen molar-refractivity contribution in [2.24, 2.45) is 5.41 Å². The number of nitrogens with zero attached hydrogens (tertiary/aromatic N) is 2. The third-order valence-electron chi connectivity index (χ3n) is 5.67. The van der Waals surface area contributed by atoms with E-state index in [4.69, 9.17) is 0 Å². The van der Waals surface area contributed by atoms with Gasteiger partial charge in [-0.05, 0) is 60.6 Å². The Balaban J connectivity index is 1.65. The molecule has 0 aliphatic heterocycles. The van der Waals surface area contributed by atoms with Crippen LogP contribution in [-0.2, 0) is 6.54 Å². The summed E-state index contributed by atoms with van der Waals surface area (Å²) >= 11 is 1.89. The van der Waals surface area contributed by atoms with Gasteiger partial charge in [-0.25, -0.2) is 0 Å². The molecule has 1 aliphatic carbocycles. The van der Waals surface area contributed by atoms with E-state index in [0.29, 0.717) is 0 Å². The highest BCUT2D eigenvalue weighted by Crippen LogP contribution is 2.39. The van der Waals surface area contributed by atoms with Gasteiger partial charge in [0.1, 0.15) is 11.2 Å². The summed E-state index contributed by atoms with van der Waals surface area (Å²) in [6.07, 6.45) is 11.5. The van der Waals surface area contributed by atoms with Crippen LogP contribution in [0.15, 0.2) is 84.1 Å². The summed E-state index contributed by atoms with van der Waals surface area (Å²) in [5, 5.41) is 1.34. The lowest BCUT2D eigenvalue weighted by atomic mass is 9.75. The highest BCUT2D eigenvalue weighted by atomic mass is 32.1. The number of para-hydroxylation sites is 2. The van der Waals surface area contributed by atoms with Crippen LogP contribution in [0.4, 0.5) is 5.69 Å². The number of fused-ring (bicyclic) bond motifs is 1. The monoisotopic (exact) mass is 415 g/mol. The first kappa shape index (κ1) is 20.6. The molecule has 1 aromatic heterocycles. The molecule has 0 saturated carbocycles. The van der Waals surface area contributed by atoms with E-state index in [1.54, 1.807) is 0 Å². The van der Waals surface area contributed by atoms with Crippen molar-refractivity contribution in [3.63, 3.8) is 0 Å². The van der Waals surface area contributed by atoms with Gasteiger partial charge in [0.2, 0.25) is 5.52 Å². The van der Waals surface area contributed by atoms with Gasteiger partial charge in [0.15, 0.2) is 0 Å². The number of thiazole rings is 1. The fourth-order valence-corrected chi connectivity index (χ4v) is 5.51. The Labute approximate surface area is 184 Å². The molecule has 0 N–H and O–H groups in total. The molecule has 2 aromatic carbocycles. The second kappa shape index (κ2) is 8.61. The number of benzene rings is 2. The van der Waals surface area contributed by atoms with E-state index in [0.717, 1.165) is 19.4 Å². The summed E-state index contributed by atoms with van der Waals surface area (Å²) in [6.45, 7) is 7.98. The van der Waals surface area contributed by atoms with Crippen LogP contribution in [0.5, 0.6) is 0 Å². The predicted molar refractivity (Wildman–Crippen MR) is 131 cm³/mol. The molecule has 0 fully saturated rings. The van der Waals surface area contributed by atoms with Crippen molar-refractivity contribution >= 4 is 33.3 Å². The molecule has 2 nitrogen and oxygen atoms in total. The molecule has 0 radical (unpaired) electrons. The van der Waals surface area contributed by atoms with Gasteiger partial charge in [0, 0.05) is 31.1 Å². The van der Waals surface area contributed by atoms with Gasteiger partial charge >= 0.3 is 0 Å². The van der Waals surface area contributed by atoms with E-state index in [2.05, 4.69) is 116 Å². The number of aromatic nitrogens is 1. The number of allylic oxidation sites excluding steroid dienone is 4. The second-order valence-corrected chi connectivity index (χ2v) is 9.93. The minimum atomic E-state index is 0.263. The molecular weight excluding hydrogens is 384 g/mol. The number of anilines is 1. The molecule has 4 rings (SSSR count). The Kier molecular flexibility index (Phi) is 5.92. The molecule has 0 amide bonds. The van der Waals surface area contributed by atoms with Crippen LogP contribution >= 0.6 is 11.3 Å². The summed E-state index contributed by atoms with van der Waals surface area (Å²) in [7, 11) is 2.11. The van der Waals surface area contributed by atoms with Gasteiger partial charge in [0.05, 0.1) is 0 Å². The zero-order valence-corrected chi connectivity index (χ0v) is 19.2. The van der Waals surface area contributed by atoms with Crippen LogP contribution in [0.25, 0.3) is 16.3 Å². The van der Waals surface area contributed by atoms with E-state index in [9.17, 15) is 0 Å². The standard InChI is InChI=1S/C27H31N2S/c1-5-29-24-13-9-10-14-25(24)30-26(29)18-22-17-21(19-27(2,3)20-22)15-16-28(4)23-11-7-6-8-12-23/h6-18H,5,19-20H2,1-4H3/q+1. The lowest BCUT2D eigenvalue weighted by molar-refractivity contribution is -0.665. The first-order valence-corrected chi connectivity index (χ1v) is 11.6. The van der Waals surface area contributed by atoms with Crippen LogP contribution in [0.3, 0.4) is 0 Å². The lowest BCUT2D eigenvalue weighted by Crippen LogP contribution is -2.33. The van der Waals surface area contributed by atoms with E-state index in [1.165, 1.54) is 32.1 Å². The third-order valence-corrected chi connectivity index (χ3v) is 6.79. The van der Waals surface area contributed by atoms with Gasteiger partial charge in [-0.3, -0.25) is 0 Å². The van der Waals surface area contributed by atoms with E-state index < -0.39 is 0 Å². The molecule has 154 valence electrons. The van der Waals surface area contributed by atoms with Crippen molar-refractivity contribution in [1.82, 2.24) is 0 Å². The minimum Gasteiger partial charge on any atom is -0.351 e. The smallest absolute Gasteiger partial charge is 0.263 e. The minimum absolute atomic E-state index is 0.263. The molecular formula is C27H31N2S+. The van der Waals surface area contributed by atoms with Crippen LogP contribution in [-0.4, -0.2) is 7.05 Å². The topological polar surface area (TPSA) is 7.12 Å². The molecule has 0 bridgehead atoms. The van der Waals surface area contributed by atoms with E-state index in [-0.39, 0.29) is 5.41 Å². The molecule has 0 spiro atoms. The number of aryl methyl sites for hydroxylation is 1. The Morgan fingerprint density at radius 2 is 1.77 bits per heavy atom. The van der Waals surface area contributed by atoms with Gasteiger partial charge in [-0.15, -0.1) is 0 Å². The molecule has 30 heavy (non-hydrogen) atoms. The van der Waals surface area contributed by atoms with Crippen LogP contribution in [0, 0.1) is 5.41 Å². The Bertz CT molecular complexity index is 1120. The zero-order valence-electron chi connectivity index (χ0n) is 18.4. The van der Waals surface area contributed by atoms with Crippen molar-refractivity contribution in [3.8, 4) is 0 Å². The molecule has 3 aromatic rings. The number of rotatable bonds is 5. The van der Waals surface area contributed by atoms with Gasteiger partial charge in [-0.1, -0.05) is 61.6 Å². The summed E-state index contributed by atoms with van der Waals surface area (Å²) in [6, 6.07) is 19.2. The third kappa shape index (κ3) is 4.57. The Morgan fingerprint density at radius 1 is 1.03 bits per heavy atom.